The Morgan fingerprint density at radius 2 is 1.75 bits per heavy atom. The molecule has 0 aromatic heterocycles. The minimum atomic E-state index is -3.31. The quantitative estimate of drug-likeness (QED) is 0.459. The lowest BCUT2D eigenvalue weighted by Gasteiger charge is -2.39. The first-order valence-corrected chi connectivity index (χ1v) is 12.1. The predicted octanol–water partition coefficient (Wildman–Crippen LogP) is 7.39. The zero-order valence-corrected chi connectivity index (χ0v) is 18.6. The van der Waals surface area contributed by atoms with Crippen molar-refractivity contribution < 1.29 is 9.09 Å². The van der Waals surface area contributed by atoms with E-state index < -0.39 is 7.37 Å². The van der Waals surface area contributed by atoms with Gasteiger partial charge in [0, 0.05) is 15.6 Å². The summed E-state index contributed by atoms with van der Waals surface area (Å²) in [5.41, 5.74) is 0.807. The van der Waals surface area contributed by atoms with Crippen molar-refractivity contribution in [3.8, 4) is 0 Å². The highest BCUT2D eigenvalue weighted by molar-refractivity contribution is 7.76. The third kappa shape index (κ3) is 4.62. The second-order valence-electron chi connectivity index (χ2n) is 8.31. The van der Waals surface area contributed by atoms with Gasteiger partial charge in [0.05, 0.1) is 6.10 Å². The molecule has 3 rings (SSSR count). The summed E-state index contributed by atoms with van der Waals surface area (Å²) in [5, 5.41) is 1.89. The SMILES string of the molecule is C=C(c1ccc(Cl)cc1)[P@@](=O)(O[C@@H]1C[C@H](C)CC[C@H]1C(C)C)c1ccccc1. The van der Waals surface area contributed by atoms with E-state index >= 15 is 0 Å². The molecule has 150 valence electrons. The Balaban J connectivity index is 2.00. The molecule has 0 spiro atoms. The van der Waals surface area contributed by atoms with Crippen LogP contribution in [0.15, 0.2) is 61.2 Å². The van der Waals surface area contributed by atoms with E-state index in [0.29, 0.717) is 33.4 Å². The molecule has 1 aliphatic rings. The van der Waals surface area contributed by atoms with Crippen LogP contribution in [-0.2, 0) is 9.09 Å². The maximum atomic E-state index is 14.4. The van der Waals surface area contributed by atoms with Crippen LogP contribution in [0.3, 0.4) is 0 Å². The minimum Gasteiger partial charge on any atom is -0.318 e. The van der Waals surface area contributed by atoms with Gasteiger partial charge >= 0.3 is 0 Å². The van der Waals surface area contributed by atoms with Gasteiger partial charge in [0.15, 0.2) is 0 Å². The molecule has 1 aliphatic carbocycles. The van der Waals surface area contributed by atoms with Gasteiger partial charge in [0.25, 0.3) is 7.37 Å². The van der Waals surface area contributed by atoms with Gasteiger partial charge in [-0.05, 0) is 60.4 Å². The monoisotopic (exact) mass is 416 g/mol. The summed E-state index contributed by atoms with van der Waals surface area (Å²) in [6, 6.07) is 16.9. The van der Waals surface area contributed by atoms with Crippen LogP contribution in [0.1, 0.15) is 45.6 Å². The van der Waals surface area contributed by atoms with Crippen molar-refractivity contribution in [2.75, 3.05) is 0 Å². The molecule has 0 unspecified atom stereocenters. The number of benzene rings is 2. The van der Waals surface area contributed by atoms with E-state index in [0.717, 1.165) is 18.4 Å². The molecule has 1 fully saturated rings. The molecule has 0 radical (unpaired) electrons. The van der Waals surface area contributed by atoms with Gasteiger partial charge in [0.2, 0.25) is 0 Å². The smallest absolute Gasteiger partial charge is 0.261 e. The molecule has 4 atom stereocenters. The highest BCUT2D eigenvalue weighted by atomic mass is 35.5. The van der Waals surface area contributed by atoms with Crippen LogP contribution in [0, 0.1) is 17.8 Å². The van der Waals surface area contributed by atoms with Crippen molar-refractivity contribution in [1.29, 1.82) is 0 Å². The lowest BCUT2D eigenvalue weighted by molar-refractivity contribution is 0.0516. The van der Waals surface area contributed by atoms with Gasteiger partial charge in [-0.3, -0.25) is 4.57 Å². The highest BCUT2D eigenvalue weighted by Gasteiger charge is 2.39. The summed E-state index contributed by atoms with van der Waals surface area (Å²) >= 11 is 6.04. The third-order valence-corrected chi connectivity index (χ3v) is 8.64. The van der Waals surface area contributed by atoms with Gasteiger partial charge in [-0.25, -0.2) is 0 Å². The van der Waals surface area contributed by atoms with Crippen LogP contribution in [0.4, 0.5) is 0 Å². The first-order chi connectivity index (χ1) is 13.3. The van der Waals surface area contributed by atoms with Crippen LogP contribution in [0.2, 0.25) is 5.02 Å². The molecule has 0 amide bonds. The second kappa shape index (κ2) is 8.99. The van der Waals surface area contributed by atoms with Gasteiger partial charge in [-0.15, -0.1) is 0 Å². The molecule has 2 aromatic rings. The Morgan fingerprint density at radius 3 is 2.36 bits per heavy atom. The Kier molecular flexibility index (Phi) is 6.86. The topological polar surface area (TPSA) is 26.3 Å². The van der Waals surface area contributed by atoms with Crippen molar-refractivity contribution in [3.63, 3.8) is 0 Å². The summed E-state index contributed by atoms with van der Waals surface area (Å²) in [6.07, 6.45) is 3.23. The average molecular weight is 417 g/mol. The molecule has 0 saturated heterocycles. The number of hydrogen-bond acceptors (Lipinski definition) is 2. The Labute approximate surface area is 174 Å². The number of halogens is 1. The Morgan fingerprint density at radius 1 is 1.11 bits per heavy atom. The summed E-state index contributed by atoms with van der Waals surface area (Å²) in [6.45, 7) is 11.0. The van der Waals surface area contributed by atoms with Crippen molar-refractivity contribution in [2.45, 2.75) is 46.1 Å². The molecular weight excluding hydrogens is 387 g/mol. The Bertz CT molecular complexity index is 845. The van der Waals surface area contributed by atoms with Gasteiger partial charge < -0.3 is 4.52 Å². The van der Waals surface area contributed by atoms with Crippen LogP contribution in [-0.4, -0.2) is 6.10 Å². The maximum absolute atomic E-state index is 14.4. The molecule has 0 heterocycles. The molecule has 0 N–H and O–H groups in total. The minimum absolute atomic E-state index is 0.0289. The molecule has 2 nitrogen and oxygen atoms in total. The summed E-state index contributed by atoms with van der Waals surface area (Å²) < 4.78 is 21.0. The van der Waals surface area contributed by atoms with E-state index in [2.05, 4.69) is 27.4 Å². The third-order valence-electron chi connectivity index (χ3n) is 5.87. The van der Waals surface area contributed by atoms with Crippen molar-refractivity contribution in [2.24, 2.45) is 17.8 Å². The maximum Gasteiger partial charge on any atom is 0.261 e. The number of hydrogen-bond donors (Lipinski definition) is 0. The van der Waals surface area contributed by atoms with E-state index in [9.17, 15) is 4.57 Å². The molecule has 2 aromatic carbocycles. The van der Waals surface area contributed by atoms with Crippen LogP contribution >= 0.6 is 19.0 Å². The van der Waals surface area contributed by atoms with E-state index in [1.807, 2.05) is 42.5 Å². The van der Waals surface area contributed by atoms with Crippen molar-refractivity contribution in [1.82, 2.24) is 0 Å². The fourth-order valence-electron chi connectivity index (χ4n) is 4.14. The zero-order chi connectivity index (χ0) is 20.3. The van der Waals surface area contributed by atoms with Crippen molar-refractivity contribution in [3.05, 3.63) is 71.8 Å². The average Bonchev–Trinajstić information content (AvgIpc) is 2.68. The van der Waals surface area contributed by atoms with Gasteiger partial charge in [-0.2, -0.15) is 0 Å². The normalized spacial score (nSPS) is 24.7. The molecule has 0 bridgehead atoms. The van der Waals surface area contributed by atoms with E-state index in [1.165, 1.54) is 6.42 Å². The lowest BCUT2D eigenvalue weighted by Crippen LogP contribution is -2.34. The fraction of sp³-hybridized carbons (Fsp3) is 0.417. The van der Waals surface area contributed by atoms with Crippen LogP contribution in [0.5, 0.6) is 0 Å². The standard InChI is InChI=1S/C24H30ClO2P/c1-17(2)23-15-10-18(3)16-24(23)27-28(26,22-8-6-5-7-9-22)19(4)20-11-13-21(25)14-12-20/h5-9,11-14,17-18,23-24H,4,10,15-16H2,1-3H3/t18-,23+,24-,28-/m1/s1. The largest absolute Gasteiger partial charge is 0.318 e. The highest BCUT2D eigenvalue weighted by Crippen LogP contribution is 2.60. The Hall–Kier alpha value is -1.34. The predicted molar refractivity (Wildman–Crippen MR) is 120 cm³/mol. The number of rotatable bonds is 6. The van der Waals surface area contributed by atoms with Gasteiger partial charge in [0.1, 0.15) is 0 Å². The van der Waals surface area contributed by atoms with Crippen LogP contribution < -0.4 is 5.30 Å². The zero-order valence-electron chi connectivity index (χ0n) is 17.0. The lowest BCUT2D eigenvalue weighted by atomic mass is 9.75. The second-order valence-corrected chi connectivity index (χ2v) is 11.1. The molecule has 1 saturated carbocycles. The summed E-state index contributed by atoms with van der Waals surface area (Å²) in [5.74, 6) is 1.48. The molecular formula is C24H30ClO2P. The van der Waals surface area contributed by atoms with E-state index in [4.69, 9.17) is 16.1 Å². The molecule has 28 heavy (non-hydrogen) atoms. The van der Waals surface area contributed by atoms with Crippen LogP contribution in [0.25, 0.3) is 5.31 Å². The van der Waals surface area contributed by atoms with E-state index in [-0.39, 0.29) is 6.10 Å². The first kappa shape index (κ1) is 21.4. The first-order valence-electron chi connectivity index (χ1n) is 10.1. The molecule has 4 heteroatoms. The molecule has 0 aliphatic heterocycles. The van der Waals surface area contributed by atoms with Gasteiger partial charge in [-0.1, -0.05) is 75.7 Å². The van der Waals surface area contributed by atoms with Crippen molar-refractivity contribution >= 4 is 29.6 Å². The van der Waals surface area contributed by atoms with E-state index in [1.54, 1.807) is 12.1 Å². The fourth-order valence-corrected chi connectivity index (χ4v) is 6.51. The summed E-state index contributed by atoms with van der Waals surface area (Å²) in [4.78, 5) is 0. The summed E-state index contributed by atoms with van der Waals surface area (Å²) in [7, 11) is -3.31.